The second kappa shape index (κ2) is 32.3. The Labute approximate surface area is 497 Å². The molecule has 2 heterocycles. The van der Waals surface area contributed by atoms with Crippen LogP contribution < -0.4 is 9.80 Å². The molecule has 9 aromatic carbocycles. The molecule has 14 rings (SSSR count). The van der Waals surface area contributed by atoms with E-state index >= 15 is 0 Å². The summed E-state index contributed by atoms with van der Waals surface area (Å²) in [5.41, 5.74) is 15.3. The number of nitrogens with zero attached hydrogens (tertiary/aromatic N) is 2. The first-order chi connectivity index (χ1) is 39.8. The maximum atomic E-state index is 2.35. The van der Waals surface area contributed by atoms with Crippen molar-refractivity contribution in [1.82, 2.24) is 0 Å². The Hall–Kier alpha value is -6.46. The first kappa shape index (κ1) is 60.6. The number of rotatable bonds is 2. The molecule has 0 radical (unpaired) electrons. The number of aryl methyl sites for hydroxylation is 3. The lowest BCUT2D eigenvalue weighted by molar-refractivity contribution is 0.443. The minimum absolute atomic E-state index is 0.781. The van der Waals surface area contributed by atoms with Crippen molar-refractivity contribution in [3.8, 4) is 11.1 Å². The molecule has 3 aliphatic carbocycles. The van der Waals surface area contributed by atoms with Crippen molar-refractivity contribution in [3.63, 3.8) is 0 Å². The molecule has 420 valence electrons. The molecule has 0 bridgehead atoms. The first-order valence-electron chi connectivity index (χ1n) is 30.7. The summed E-state index contributed by atoms with van der Waals surface area (Å²) >= 11 is 3.69. The molecular formula is C77H90N2S2. The molecule has 2 saturated carbocycles. The highest BCUT2D eigenvalue weighted by Gasteiger charge is 2.21. The van der Waals surface area contributed by atoms with E-state index in [9.17, 15) is 0 Å². The Morgan fingerprint density at radius 2 is 0.741 bits per heavy atom. The van der Waals surface area contributed by atoms with Crippen molar-refractivity contribution in [3.05, 3.63) is 240 Å². The summed E-state index contributed by atoms with van der Waals surface area (Å²) < 4.78 is 0. The normalized spacial score (nSPS) is 15.7. The zero-order chi connectivity index (χ0) is 56.6. The summed E-state index contributed by atoms with van der Waals surface area (Å²) in [5, 5.41) is 2.75. The van der Waals surface area contributed by atoms with Gasteiger partial charge >= 0.3 is 0 Å². The Morgan fingerprint density at radius 1 is 0.358 bits per heavy atom. The van der Waals surface area contributed by atoms with Gasteiger partial charge in [0, 0.05) is 33.7 Å². The van der Waals surface area contributed by atoms with Crippen LogP contribution in [-0.2, 0) is 6.42 Å². The van der Waals surface area contributed by atoms with E-state index in [0.717, 1.165) is 11.8 Å². The fraction of sp³-hybridized carbons (Fsp3) is 0.325. The zero-order valence-electron chi connectivity index (χ0n) is 49.9. The van der Waals surface area contributed by atoms with Gasteiger partial charge in [0.05, 0.1) is 22.7 Å². The first-order valence-corrected chi connectivity index (χ1v) is 32.3. The van der Waals surface area contributed by atoms with E-state index in [-0.39, 0.29) is 0 Å². The van der Waals surface area contributed by atoms with Crippen molar-refractivity contribution >= 4 is 57.0 Å². The average Bonchev–Trinajstić information content (AvgIpc) is 3.99. The molecule has 2 fully saturated rings. The quantitative estimate of drug-likeness (QED) is 0.126. The highest BCUT2D eigenvalue weighted by atomic mass is 32.2. The number of para-hydroxylation sites is 4. The third kappa shape index (κ3) is 17.1. The Kier molecular flexibility index (Phi) is 24.1. The Balaban J connectivity index is 0.000000129. The van der Waals surface area contributed by atoms with Gasteiger partial charge in [0.1, 0.15) is 0 Å². The fourth-order valence-corrected chi connectivity index (χ4v) is 14.2. The van der Waals surface area contributed by atoms with E-state index in [1.54, 1.807) is 11.1 Å². The van der Waals surface area contributed by atoms with Gasteiger partial charge in [0.25, 0.3) is 0 Å². The van der Waals surface area contributed by atoms with Crippen LogP contribution >= 0.6 is 23.5 Å². The molecule has 0 amide bonds. The van der Waals surface area contributed by atoms with Crippen LogP contribution in [0.5, 0.6) is 0 Å². The minimum atomic E-state index is 0.781. The summed E-state index contributed by atoms with van der Waals surface area (Å²) in [6.45, 7) is 10.7. The van der Waals surface area contributed by atoms with Crippen molar-refractivity contribution < 1.29 is 0 Å². The summed E-state index contributed by atoms with van der Waals surface area (Å²) in [7, 11) is 4.24. The van der Waals surface area contributed by atoms with Crippen LogP contribution in [0.15, 0.2) is 232 Å². The molecule has 0 spiro atoms. The predicted octanol–water partition coefficient (Wildman–Crippen LogP) is 24.0. The highest BCUT2D eigenvalue weighted by Crippen LogP contribution is 2.48. The van der Waals surface area contributed by atoms with Crippen LogP contribution in [-0.4, -0.2) is 14.1 Å². The second-order valence-electron chi connectivity index (χ2n) is 22.1. The van der Waals surface area contributed by atoms with Crippen molar-refractivity contribution in [2.24, 2.45) is 0 Å². The molecule has 5 aliphatic rings. The van der Waals surface area contributed by atoms with E-state index < -0.39 is 0 Å². The third-order valence-electron chi connectivity index (χ3n) is 16.4. The van der Waals surface area contributed by atoms with Gasteiger partial charge in [-0.1, -0.05) is 279 Å². The van der Waals surface area contributed by atoms with Gasteiger partial charge < -0.3 is 9.80 Å². The number of hydrogen-bond donors (Lipinski definition) is 0. The van der Waals surface area contributed by atoms with E-state index in [4.69, 9.17) is 0 Å². The van der Waals surface area contributed by atoms with Gasteiger partial charge in [0.2, 0.25) is 0 Å². The number of hydrogen-bond acceptors (Lipinski definition) is 4. The van der Waals surface area contributed by atoms with Crippen LogP contribution in [0.2, 0.25) is 0 Å². The van der Waals surface area contributed by atoms with Gasteiger partial charge in [-0.25, -0.2) is 0 Å². The molecule has 4 heteroatoms. The number of anilines is 4. The summed E-state index contributed by atoms with van der Waals surface area (Å²) in [6, 6.07) is 75.7. The molecule has 0 aromatic heterocycles. The summed E-state index contributed by atoms with van der Waals surface area (Å²) in [4.78, 5) is 9.83. The van der Waals surface area contributed by atoms with E-state index in [1.165, 1.54) is 184 Å². The van der Waals surface area contributed by atoms with Crippen LogP contribution in [0.3, 0.4) is 0 Å². The van der Waals surface area contributed by atoms with Crippen molar-refractivity contribution in [2.75, 3.05) is 23.9 Å². The van der Waals surface area contributed by atoms with E-state index in [2.05, 4.69) is 257 Å². The van der Waals surface area contributed by atoms with E-state index in [1.807, 2.05) is 37.4 Å². The van der Waals surface area contributed by atoms with Gasteiger partial charge in [-0.2, -0.15) is 0 Å². The maximum Gasteiger partial charge on any atom is 0.0550 e. The molecule has 0 saturated heterocycles. The molecule has 1 atom stereocenters. The third-order valence-corrected chi connectivity index (χ3v) is 18.7. The fourth-order valence-electron chi connectivity index (χ4n) is 11.9. The largest absolute Gasteiger partial charge is 0.343 e. The SMILES string of the molecule is C1CCCCCC1.CC.CC1CCCCc2ccccc21.CN1c2ccccc2Sc2ccccc21.CN1c2ccccc2Sc2ccccc21.Cc1cccc2cccc(C)c12.c1ccc(-c2ccc(C3CCCCC3)cc2)cc1. The topological polar surface area (TPSA) is 6.48 Å². The Bertz CT molecular complexity index is 3040. The average molecular weight is 1110 g/mol. The molecule has 81 heavy (non-hydrogen) atoms. The summed E-state index contributed by atoms with van der Waals surface area (Å²) in [6.07, 6.45) is 22.9. The lowest BCUT2D eigenvalue weighted by Gasteiger charge is -2.29. The van der Waals surface area contributed by atoms with Gasteiger partial charge in [-0.05, 0) is 156 Å². The molecule has 0 N–H and O–H groups in total. The smallest absolute Gasteiger partial charge is 0.0550 e. The van der Waals surface area contributed by atoms with Crippen LogP contribution in [0.25, 0.3) is 21.9 Å². The van der Waals surface area contributed by atoms with Crippen molar-refractivity contribution in [1.29, 1.82) is 0 Å². The number of benzene rings is 9. The van der Waals surface area contributed by atoms with Crippen LogP contribution in [0, 0.1) is 13.8 Å². The van der Waals surface area contributed by atoms with Gasteiger partial charge in [-0.15, -0.1) is 0 Å². The van der Waals surface area contributed by atoms with Gasteiger partial charge in [-0.3, -0.25) is 0 Å². The molecule has 2 nitrogen and oxygen atoms in total. The zero-order valence-corrected chi connectivity index (χ0v) is 51.5. The standard InChI is InChI=1S/C18H20.2C13H11NS.C12H12.C12H16.C7H14.C2H6/c1-3-7-15(8-4-1)17-11-13-18(14-12-17)16-9-5-2-6-10-16;2*1-14-10-6-2-4-8-12(10)15-13-9-5-3-7-11(13)14;1-9-5-3-7-11-8-4-6-10(2)12(9)11;1-10-6-2-3-7-11-8-4-5-9-12(10)11;1-2-4-6-7-5-3-1;1-2/h1,3-4,7-8,11-14,16H,2,5-6,9-10H2;2*2-9H,1H3;3-8H,1-2H3;4-5,8-10H,2-3,6-7H2,1H3;1-7H2;1-2H3. The van der Waals surface area contributed by atoms with Gasteiger partial charge in [0.15, 0.2) is 0 Å². The predicted molar refractivity (Wildman–Crippen MR) is 357 cm³/mol. The highest BCUT2D eigenvalue weighted by molar-refractivity contribution is 8.00. The summed E-state index contributed by atoms with van der Waals surface area (Å²) in [5.74, 6) is 1.59. The molecule has 9 aromatic rings. The minimum Gasteiger partial charge on any atom is -0.343 e. The monoisotopic (exact) mass is 1110 g/mol. The second-order valence-corrected chi connectivity index (χ2v) is 24.3. The molecule has 2 aliphatic heterocycles. The lowest BCUT2D eigenvalue weighted by Crippen LogP contribution is -2.14. The van der Waals surface area contributed by atoms with Crippen molar-refractivity contribution in [2.45, 2.75) is 169 Å². The molecule has 1 unspecified atom stereocenters. The van der Waals surface area contributed by atoms with E-state index in [0.29, 0.717) is 0 Å². The maximum absolute atomic E-state index is 2.35. The number of fused-ring (bicyclic) bond motifs is 6. The van der Waals surface area contributed by atoms with Crippen LogP contribution in [0.1, 0.15) is 157 Å². The van der Waals surface area contributed by atoms with Crippen LogP contribution in [0.4, 0.5) is 22.7 Å². The molecular weight excluding hydrogens is 1020 g/mol. The Morgan fingerprint density at radius 3 is 1.20 bits per heavy atom. The lowest BCUT2D eigenvalue weighted by atomic mass is 9.84.